The van der Waals surface area contributed by atoms with Gasteiger partial charge in [-0.1, -0.05) is 11.6 Å². The van der Waals surface area contributed by atoms with Gasteiger partial charge in [-0.2, -0.15) is 18.3 Å². The third kappa shape index (κ3) is 10.0. The van der Waals surface area contributed by atoms with E-state index in [4.69, 9.17) is 21.5 Å². The topological polar surface area (TPSA) is 187 Å². The minimum absolute atomic E-state index is 0.00121. The summed E-state index contributed by atoms with van der Waals surface area (Å²) in [7, 11) is 1.17. The Balaban J connectivity index is 0.000000707. The first-order valence-electron chi connectivity index (χ1n) is 12.7. The number of aliphatic carboxylic acids is 1. The molecule has 19 heteroatoms. The first-order chi connectivity index (χ1) is 21.2. The SMILES string of the molecule is COC(=O)C[C@H](NC(=O)CNC(=O)c1cc(NC2=NCC(F)CN2)c2cn[nH]c2c1)c1cc(Cl)ccc1F.O=C(O)C(F)(F)F. The van der Waals surface area contributed by atoms with Crippen molar-refractivity contribution in [3.8, 4) is 0 Å². The quantitative estimate of drug-likeness (QED) is 0.156. The number of aliphatic imine (C=N–C) groups is 1. The van der Waals surface area contributed by atoms with E-state index in [-0.39, 0.29) is 35.7 Å². The van der Waals surface area contributed by atoms with Crippen molar-refractivity contribution in [3.63, 3.8) is 0 Å². The molecule has 0 spiro atoms. The van der Waals surface area contributed by atoms with Crippen molar-refractivity contribution >= 4 is 57.9 Å². The maximum absolute atomic E-state index is 14.4. The number of methoxy groups -OCH3 is 1. The van der Waals surface area contributed by atoms with Crippen molar-refractivity contribution in [3.05, 3.63) is 58.5 Å². The number of carboxylic acids is 1. The van der Waals surface area contributed by atoms with E-state index < -0.39 is 54.5 Å². The average Bonchev–Trinajstić information content (AvgIpc) is 3.47. The highest BCUT2D eigenvalue weighted by atomic mass is 35.5. The first kappa shape index (κ1) is 34.5. The molecule has 1 unspecified atom stereocenters. The summed E-state index contributed by atoms with van der Waals surface area (Å²) in [4.78, 5) is 50.4. The lowest BCUT2D eigenvalue weighted by Crippen LogP contribution is -2.41. The second-order valence-corrected chi connectivity index (χ2v) is 9.64. The molecule has 45 heavy (non-hydrogen) atoms. The molecule has 0 radical (unpaired) electrons. The van der Waals surface area contributed by atoms with Gasteiger partial charge in [0.25, 0.3) is 5.91 Å². The van der Waals surface area contributed by atoms with Gasteiger partial charge in [0.2, 0.25) is 5.91 Å². The fourth-order valence-corrected chi connectivity index (χ4v) is 3.97. The maximum Gasteiger partial charge on any atom is 0.490 e. The van der Waals surface area contributed by atoms with Gasteiger partial charge in [0, 0.05) is 21.5 Å². The van der Waals surface area contributed by atoms with Crippen LogP contribution < -0.4 is 21.3 Å². The number of carbonyl (C=O) groups excluding carboxylic acids is 3. The van der Waals surface area contributed by atoms with Crippen LogP contribution in [0.3, 0.4) is 0 Å². The zero-order valence-electron chi connectivity index (χ0n) is 23.1. The van der Waals surface area contributed by atoms with Crippen LogP contribution in [0.5, 0.6) is 0 Å². The van der Waals surface area contributed by atoms with Crippen molar-refractivity contribution < 1.29 is 51.0 Å². The van der Waals surface area contributed by atoms with Crippen molar-refractivity contribution in [1.29, 1.82) is 0 Å². The molecule has 0 bridgehead atoms. The Bertz CT molecular complexity index is 1600. The number of nitrogens with zero attached hydrogens (tertiary/aromatic N) is 2. The number of nitrogens with one attached hydrogen (secondary N) is 5. The van der Waals surface area contributed by atoms with E-state index in [0.717, 1.165) is 6.07 Å². The Morgan fingerprint density at radius 1 is 1.20 bits per heavy atom. The number of anilines is 1. The molecule has 242 valence electrons. The lowest BCUT2D eigenvalue weighted by atomic mass is 10.0. The lowest BCUT2D eigenvalue weighted by molar-refractivity contribution is -0.192. The number of aromatic nitrogens is 2. The Morgan fingerprint density at radius 3 is 2.53 bits per heavy atom. The van der Waals surface area contributed by atoms with E-state index in [1.165, 1.54) is 25.3 Å². The highest BCUT2D eigenvalue weighted by Crippen LogP contribution is 2.26. The molecular formula is C26H25ClF5N7O6. The molecule has 3 aromatic rings. The number of amides is 2. The van der Waals surface area contributed by atoms with E-state index in [9.17, 15) is 36.3 Å². The third-order valence-corrected chi connectivity index (χ3v) is 6.17. The summed E-state index contributed by atoms with van der Waals surface area (Å²) >= 11 is 5.96. The van der Waals surface area contributed by atoms with Crippen LogP contribution in [0.15, 0.2) is 41.5 Å². The number of guanidine groups is 1. The number of hydrogen-bond acceptors (Lipinski definition) is 9. The molecule has 0 aliphatic carbocycles. The van der Waals surface area contributed by atoms with Crippen LogP contribution in [0.1, 0.15) is 28.4 Å². The second-order valence-electron chi connectivity index (χ2n) is 9.20. The monoisotopic (exact) mass is 661 g/mol. The van der Waals surface area contributed by atoms with Crippen molar-refractivity contribution in [1.82, 2.24) is 26.1 Å². The second kappa shape index (κ2) is 15.1. The number of fused-ring (bicyclic) bond motifs is 1. The Kier molecular flexibility index (Phi) is 11.6. The van der Waals surface area contributed by atoms with E-state index in [2.05, 4.69) is 41.2 Å². The number of hydrogen-bond donors (Lipinski definition) is 6. The van der Waals surface area contributed by atoms with Crippen LogP contribution in [0.4, 0.5) is 27.6 Å². The Labute approximate surface area is 255 Å². The molecule has 2 amide bonds. The Morgan fingerprint density at radius 2 is 1.91 bits per heavy atom. The van der Waals surface area contributed by atoms with Crippen LogP contribution >= 0.6 is 11.6 Å². The lowest BCUT2D eigenvalue weighted by Gasteiger charge is -2.20. The van der Waals surface area contributed by atoms with Crippen LogP contribution in [-0.4, -0.2) is 84.1 Å². The number of carboxylic acid groups (broad SMARTS) is 1. The van der Waals surface area contributed by atoms with E-state index >= 15 is 0 Å². The van der Waals surface area contributed by atoms with Crippen LogP contribution in [0, 0.1) is 5.82 Å². The molecule has 2 atom stereocenters. The van der Waals surface area contributed by atoms with Gasteiger partial charge in [0.05, 0.1) is 56.6 Å². The maximum atomic E-state index is 14.4. The summed E-state index contributed by atoms with van der Waals surface area (Å²) in [5.74, 6) is -5.00. The molecule has 0 saturated heterocycles. The fraction of sp³-hybridized carbons (Fsp3) is 0.308. The number of benzene rings is 2. The number of ether oxygens (including phenoxy) is 1. The van der Waals surface area contributed by atoms with Crippen LogP contribution in [0.25, 0.3) is 10.9 Å². The molecule has 4 rings (SSSR count). The third-order valence-electron chi connectivity index (χ3n) is 5.93. The van der Waals surface area contributed by atoms with Gasteiger partial charge in [0.1, 0.15) is 12.0 Å². The highest BCUT2D eigenvalue weighted by Gasteiger charge is 2.38. The van der Waals surface area contributed by atoms with Crippen molar-refractivity contribution in [2.75, 3.05) is 32.1 Å². The Hall–Kier alpha value is -5.00. The summed E-state index contributed by atoms with van der Waals surface area (Å²) in [6, 6.07) is 5.78. The first-order valence-corrected chi connectivity index (χ1v) is 13.1. The van der Waals surface area contributed by atoms with Gasteiger partial charge in [-0.25, -0.2) is 18.6 Å². The minimum Gasteiger partial charge on any atom is -0.475 e. The molecule has 6 N–H and O–H groups in total. The smallest absolute Gasteiger partial charge is 0.475 e. The zero-order chi connectivity index (χ0) is 33.3. The minimum atomic E-state index is -5.08. The molecule has 0 fully saturated rings. The van der Waals surface area contributed by atoms with E-state index in [1.54, 1.807) is 12.3 Å². The van der Waals surface area contributed by atoms with Crippen molar-refractivity contribution in [2.24, 2.45) is 4.99 Å². The molecule has 0 saturated carbocycles. The van der Waals surface area contributed by atoms with Gasteiger partial charge in [0.15, 0.2) is 5.96 Å². The standard InChI is InChI=1S/C24H24ClF2N7O4.C2HF3O2/c1-38-22(36)7-19(15-6-13(25)2-3-17(15)27)32-21(35)11-28-23(37)12-4-18(16-10-31-34-20(16)5-12)33-24-29-8-14(26)9-30-24;3-2(4,5)1(6)7/h2-6,10,14,19H,7-9,11H2,1H3,(H,28,37)(H,31,34)(H,32,35)(H2,29,30,33);(H,6,7)/t19-;/m0./s1. The molecule has 2 heterocycles. The predicted octanol–water partition coefficient (Wildman–Crippen LogP) is 2.85. The molecule has 2 aromatic carbocycles. The van der Waals surface area contributed by atoms with E-state index in [1.807, 2.05) is 0 Å². The summed E-state index contributed by atoms with van der Waals surface area (Å²) < 4.78 is 64.2. The molecular weight excluding hydrogens is 637 g/mol. The van der Waals surface area contributed by atoms with Crippen molar-refractivity contribution in [2.45, 2.75) is 24.8 Å². The molecule has 1 aromatic heterocycles. The highest BCUT2D eigenvalue weighted by molar-refractivity contribution is 6.30. The molecule has 1 aliphatic heterocycles. The number of rotatable bonds is 8. The summed E-state index contributed by atoms with van der Waals surface area (Å²) in [5, 5.41) is 25.7. The zero-order valence-corrected chi connectivity index (χ0v) is 23.9. The number of alkyl halides is 4. The van der Waals surface area contributed by atoms with Gasteiger partial charge >= 0.3 is 18.1 Å². The number of aromatic amines is 1. The van der Waals surface area contributed by atoms with Gasteiger partial charge in [-0.15, -0.1) is 0 Å². The fourth-order valence-electron chi connectivity index (χ4n) is 3.79. The largest absolute Gasteiger partial charge is 0.490 e. The van der Waals surface area contributed by atoms with Gasteiger partial charge in [-0.05, 0) is 30.3 Å². The predicted molar refractivity (Wildman–Crippen MR) is 150 cm³/mol. The number of H-pyrrole nitrogens is 1. The molecule has 1 aliphatic rings. The summed E-state index contributed by atoms with van der Waals surface area (Å²) in [6.45, 7) is -0.352. The number of carbonyl (C=O) groups is 4. The molecule has 13 nitrogen and oxygen atoms in total. The summed E-state index contributed by atoms with van der Waals surface area (Å²) in [5.41, 5.74) is 1.23. The van der Waals surface area contributed by atoms with E-state index in [0.29, 0.717) is 22.5 Å². The van der Waals surface area contributed by atoms with Gasteiger partial charge in [-0.3, -0.25) is 19.5 Å². The normalized spacial score (nSPS) is 15.0. The average molecular weight is 662 g/mol. The van der Waals surface area contributed by atoms with Crippen LogP contribution in [-0.2, 0) is 19.1 Å². The summed E-state index contributed by atoms with van der Waals surface area (Å²) in [6.07, 6.45) is -4.95. The van der Waals surface area contributed by atoms with Crippen LogP contribution in [0.2, 0.25) is 5.02 Å². The number of esters is 1. The number of halogens is 6. The van der Waals surface area contributed by atoms with Gasteiger partial charge < -0.3 is 31.1 Å².